The fraction of sp³-hybridized carbons (Fsp3) is 0.351. The Morgan fingerprint density at radius 2 is 0.784 bits per heavy atom. The molecule has 198 valence electrons. The van der Waals surface area contributed by atoms with Crippen LogP contribution in [0.25, 0.3) is 0 Å². The standard InChI is InChI=1S/C24H26.C7H8.2C3H8/c1-5-24(21-16-14-18(2)15-17-21,22-12-8-6-10-19(22)3)23-13-9-7-11-20(23)4;1-7-5-3-2-4-6-7;2*1-3-2/h6-17H,5H2,1-4H3;2-6H,1H3;2*3H2,1-2H3. The summed E-state index contributed by atoms with van der Waals surface area (Å²) in [6.45, 7) is 19.5. The summed E-state index contributed by atoms with van der Waals surface area (Å²) in [6.07, 6.45) is 3.53. The van der Waals surface area contributed by atoms with Gasteiger partial charge in [-0.05, 0) is 61.9 Å². The molecule has 0 heteroatoms. The summed E-state index contributed by atoms with van der Waals surface area (Å²) >= 11 is 0. The molecule has 0 aromatic heterocycles. The fourth-order valence-corrected chi connectivity index (χ4v) is 4.52. The Morgan fingerprint density at radius 1 is 0.432 bits per heavy atom. The molecule has 0 bridgehead atoms. The number of benzene rings is 4. The van der Waals surface area contributed by atoms with E-state index in [9.17, 15) is 0 Å². The van der Waals surface area contributed by atoms with E-state index >= 15 is 0 Å². The van der Waals surface area contributed by atoms with Gasteiger partial charge < -0.3 is 0 Å². The lowest BCUT2D eigenvalue weighted by Crippen LogP contribution is -2.30. The van der Waals surface area contributed by atoms with Crippen molar-refractivity contribution in [1.29, 1.82) is 0 Å². The van der Waals surface area contributed by atoms with Crippen molar-refractivity contribution in [2.45, 2.75) is 87.0 Å². The van der Waals surface area contributed by atoms with Crippen LogP contribution in [-0.4, -0.2) is 0 Å². The van der Waals surface area contributed by atoms with Gasteiger partial charge in [-0.1, -0.05) is 162 Å². The monoisotopic (exact) mass is 494 g/mol. The minimum Gasteiger partial charge on any atom is -0.0656 e. The van der Waals surface area contributed by atoms with Gasteiger partial charge in [-0.15, -0.1) is 0 Å². The minimum atomic E-state index is -0.107. The first-order valence-electron chi connectivity index (χ1n) is 14.0. The first-order chi connectivity index (χ1) is 17.8. The number of hydrogen-bond donors (Lipinski definition) is 0. The molecule has 0 atom stereocenters. The average molecular weight is 495 g/mol. The highest BCUT2D eigenvalue weighted by Crippen LogP contribution is 2.44. The first-order valence-corrected chi connectivity index (χ1v) is 14.0. The van der Waals surface area contributed by atoms with Crippen LogP contribution >= 0.6 is 0 Å². The number of rotatable bonds is 4. The van der Waals surface area contributed by atoms with Crippen molar-refractivity contribution < 1.29 is 0 Å². The van der Waals surface area contributed by atoms with Crippen molar-refractivity contribution in [2.75, 3.05) is 0 Å². The maximum Gasteiger partial charge on any atom is 0.0453 e. The SMILES string of the molecule is CCC.CCC.CCC(c1ccc(C)cc1)(c1ccccc1C)c1ccccc1C.Cc1ccccc1. The Morgan fingerprint density at radius 3 is 1.11 bits per heavy atom. The van der Waals surface area contributed by atoms with Gasteiger partial charge in [0.1, 0.15) is 0 Å². The molecular weight excluding hydrogens is 444 g/mol. The third-order valence-corrected chi connectivity index (χ3v) is 6.22. The van der Waals surface area contributed by atoms with Crippen LogP contribution in [0.15, 0.2) is 103 Å². The van der Waals surface area contributed by atoms with Gasteiger partial charge in [-0.25, -0.2) is 0 Å². The van der Waals surface area contributed by atoms with Crippen molar-refractivity contribution in [2.24, 2.45) is 0 Å². The quantitative estimate of drug-likeness (QED) is 0.247. The summed E-state index contributed by atoms with van der Waals surface area (Å²) in [7, 11) is 0. The van der Waals surface area contributed by atoms with Crippen molar-refractivity contribution in [3.63, 3.8) is 0 Å². The maximum absolute atomic E-state index is 2.30. The van der Waals surface area contributed by atoms with E-state index in [0.29, 0.717) is 0 Å². The van der Waals surface area contributed by atoms with E-state index < -0.39 is 0 Å². The predicted molar refractivity (Wildman–Crippen MR) is 167 cm³/mol. The van der Waals surface area contributed by atoms with Gasteiger partial charge in [-0.3, -0.25) is 0 Å². The molecule has 0 aliphatic heterocycles. The lowest BCUT2D eigenvalue weighted by molar-refractivity contribution is 0.586. The molecule has 0 spiro atoms. The zero-order valence-corrected chi connectivity index (χ0v) is 24.9. The van der Waals surface area contributed by atoms with Crippen molar-refractivity contribution >= 4 is 0 Å². The molecule has 0 fully saturated rings. The van der Waals surface area contributed by atoms with Crippen molar-refractivity contribution in [1.82, 2.24) is 0 Å². The number of hydrogen-bond acceptors (Lipinski definition) is 0. The summed E-state index contributed by atoms with van der Waals surface area (Å²) < 4.78 is 0. The highest BCUT2D eigenvalue weighted by Gasteiger charge is 2.36. The lowest BCUT2D eigenvalue weighted by Gasteiger charge is -2.37. The van der Waals surface area contributed by atoms with Gasteiger partial charge in [0.2, 0.25) is 0 Å². The lowest BCUT2D eigenvalue weighted by atomic mass is 9.65. The molecule has 4 aromatic carbocycles. The topological polar surface area (TPSA) is 0 Å². The highest BCUT2D eigenvalue weighted by molar-refractivity contribution is 5.55. The second kappa shape index (κ2) is 17.4. The summed E-state index contributed by atoms with van der Waals surface area (Å²) in [5.74, 6) is 0. The summed E-state index contributed by atoms with van der Waals surface area (Å²) in [5, 5.41) is 0. The Bertz CT molecular complexity index is 1070. The van der Waals surface area contributed by atoms with Gasteiger partial charge in [0.05, 0.1) is 0 Å². The molecule has 0 saturated heterocycles. The molecule has 0 N–H and O–H groups in total. The van der Waals surface area contributed by atoms with Crippen LogP contribution in [-0.2, 0) is 5.41 Å². The smallest absolute Gasteiger partial charge is 0.0453 e. The van der Waals surface area contributed by atoms with Gasteiger partial charge in [-0.2, -0.15) is 0 Å². The van der Waals surface area contributed by atoms with E-state index in [0.717, 1.165) is 6.42 Å². The van der Waals surface area contributed by atoms with Gasteiger partial charge in [0.15, 0.2) is 0 Å². The van der Waals surface area contributed by atoms with E-state index in [-0.39, 0.29) is 5.41 Å². The van der Waals surface area contributed by atoms with Crippen LogP contribution in [0.1, 0.15) is 92.8 Å². The van der Waals surface area contributed by atoms with Crippen LogP contribution in [0, 0.1) is 27.7 Å². The van der Waals surface area contributed by atoms with Gasteiger partial charge >= 0.3 is 0 Å². The normalized spacial score (nSPS) is 10.1. The molecule has 0 radical (unpaired) electrons. The Kier molecular flexibility index (Phi) is 15.0. The molecule has 0 amide bonds. The predicted octanol–water partition coefficient (Wildman–Crippen LogP) is 11.2. The second-order valence-corrected chi connectivity index (χ2v) is 9.82. The molecule has 4 aromatic rings. The van der Waals surface area contributed by atoms with Crippen LogP contribution in [0.3, 0.4) is 0 Å². The zero-order valence-electron chi connectivity index (χ0n) is 24.9. The van der Waals surface area contributed by atoms with E-state index in [4.69, 9.17) is 0 Å². The largest absolute Gasteiger partial charge is 0.0656 e. The van der Waals surface area contributed by atoms with Gasteiger partial charge in [0.25, 0.3) is 0 Å². The molecule has 0 heterocycles. The molecule has 0 unspecified atom stereocenters. The van der Waals surface area contributed by atoms with E-state index in [1.54, 1.807) is 0 Å². The molecule has 0 aliphatic rings. The minimum absolute atomic E-state index is 0.107. The van der Waals surface area contributed by atoms with Gasteiger partial charge in [0, 0.05) is 5.41 Å². The Balaban J connectivity index is 0.000000435. The molecule has 4 rings (SSSR count). The molecular formula is C37H50. The van der Waals surface area contributed by atoms with Crippen molar-refractivity contribution in [3.05, 3.63) is 142 Å². The third-order valence-electron chi connectivity index (χ3n) is 6.22. The first kappa shape index (κ1) is 31.9. The van der Waals surface area contributed by atoms with E-state index in [1.807, 2.05) is 18.2 Å². The molecule has 0 saturated carbocycles. The van der Waals surface area contributed by atoms with E-state index in [2.05, 4.69) is 147 Å². The fourth-order valence-electron chi connectivity index (χ4n) is 4.52. The van der Waals surface area contributed by atoms with Crippen LogP contribution in [0.2, 0.25) is 0 Å². The molecule has 0 nitrogen and oxygen atoms in total. The Hall–Kier alpha value is -3.12. The highest BCUT2D eigenvalue weighted by atomic mass is 14.4. The molecule has 0 aliphatic carbocycles. The molecule has 37 heavy (non-hydrogen) atoms. The third kappa shape index (κ3) is 9.36. The van der Waals surface area contributed by atoms with Crippen molar-refractivity contribution in [3.8, 4) is 0 Å². The summed E-state index contributed by atoms with van der Waals surface area (Å²) in [5.41, 5.74) is 9.41. The Labute approximate surface area is 228 Å². The van der Waals surface area contributed by atoms with Crippen LogP contribution in [0.5, 0.6) is 0 Å². The second-order valence-electron chi connectivity index (χ2n) is 9.82. The zero-order chi connectivity index (χ0) is 27.7. The van der Waals surface area contributed by atoms with E-state index in [1.165, 1.54) is 51.8 Å². The van der Waals surface area contributed by atoms with Crippen LogP contribution in [0.4, 0.5) is 0 Å². The van der Waals surface area contributed by atoms with Crippen LogP contribution < -0.4 is 0 Å². The summed E-state index contributed by atoms with van der Waals surface area (Å²) in [6, 6.07) is 37.0. The number of aryl methyl sites for hydroxylation is 4. The average Bonchev–Trinajstić information content (AvgIpc) is 2.89. The summed E-state index contributed by atoms with van der Waals surface area (Å²) in [4.78, 5) is 0. The maximum atomic E-state index is 2.30.